The van der Waals surface area contributed by atoms with Gasteiger partial charge in [-0.15, -0.1) is 0 Å². The Labute approximate surface area is 99.9 Å². The molecule has 0 spiro atoms. The first kappa shape index (κ1) is 14.0. The van der Waals surface area contributed by atoms with Crippen molar-refractivity contribution in [3.8, 4) is 0 Å². The van der Waals surface area contributed by atoms with E-state index >= 15 is 0 Å². The smallest absolute Gasteiger partial charge is 0.246 e. The summed E-state index contributed by atoms with van der Waals surface area (Å²) in [6.45, 7) is -0.650. The van der Waals surface area contributed by atoms with E-state index in [0.717, 1.165) is 0 Å². The SMILES string of the molecule is N[C@@H]1[C@@H](O)[C@H](O)[C@@H](CO)OC1(O)C(=O)CBr. The normalized spacial score (nSPS) is 44.4. The second-order valence-corrected chi connectivity index (χ2v) is 4.16. The molecule has 1 saturated heterocycles. The zero-order valence-electron chi connectivity index (χ0n) is 8.28. The molecule has 1 heterocycles. The van der Waals surface area contributed by atoms with Crippen LogP contribution in [0.4, 0.5) is 0 Å². The first-order valence-electron chi connectivity index (χ1n) is 4.60. The third-order valence-corrected chi connectivity index (χ3v) is 3.09. The van der Waals surface area contributed by atoms with Crippen molar-refractivity contribution in [1.29, 1.82) is 0 Å². The van der Waals surface area contributed by atoms with Gasteiger partial charge in [0.05, 0.1) is 18.0 Å². The number of hydrogen-bond donors (Lipinski definition) is 5. The highest BCUT2D eigenvalue weighted by molar-refractivity contribution is 9.09. The van der Waals surface area contributed by atoms with Gasteiger partial charge in [0, 0.05) is 0 Å². The second-order valence-electron chi connectivity index (χ2n) is 3.60. The Bertz CT molecular complexity index is 275. The third-order valence-electron chi connectivity index (χ3n) is 2.58. The van der Waals surface area contributed by atoms with E-state index in [4.69, 9.17) is 15.6 Å². The van der Waals surface area contributed by atoms with Crippen LogP contribution in [0.2, 0.25) is 0 Å². The minimum Gasteiger partial charge on any atom is -0.394 e. The lowest BCUT2D eigenvalue weighted by Crippen LogP contribution is -2.71. The number of ether oxygens (including phenoxy) is 1. The zero-order chi connectivity index (χ0) is 12.5. The molecule has 1 fully saturated rings. The molecule has 0 bridgehead atoms. The summed E-state index contributed by atoms with van der Waals surface area (Å²) < 4.78 is 4.86. The summed E-state index contributed by atoms with van der Waals surface area (Å²) >= 11 is 2.84. The zero-order valence-corrected chi connectivity index (χ0v) is 9.87. The van der Waals surface area contributed by atoms with E-state index in [-0.39, 0.29) is 5.33 Å². The van der Waals surface area contributed by atoms with Crippen LogP contribution in [-0.2, 0) is 9.53 Å². The Morgan fingerprint density at radius 1 is 1.44 bits per heavy atom. The Kier molecular flexibility index (Phi) is 4.41. The molecule has 1 aliphatic rings. The molecule has 1 unspecified atom stereocenters. The van der Waals surface area contributed by atoms with Crippen molar-refractivity contribution in [3.63, 3.8) is 0 Å². The standard InChI is InChI=1S/C8H14BrNO6/c9-1-4(12)8(15)7(10)6(14)5(13)3(2-11)16-8/h3,5-7,11,13-15H,1-2,10H2/t3-,5-,6+,7-,8?/m1/s1. The number of carbonyl (C=O) groups excluding carboxylic acids is 1. The van der Waals surface area contributed by atoms with Gasteiger partial charge in [-0.1, -0.05) is 15.9 Å². The highest BCUT2D eigenvalue weighted by Gasteiger charge is 2.55. The monoisotopic (exact) mass is 299 g/mol. The maximum Gasteiger partial charge on any atom is 0.246 e. The van der Waals surface area contributed by atoms with Crippen molar-refractivity contribution in [2.24, 2.45) is 5.73 Å². The van der Waals surface area contributed by atoms with Crippen molar-refractivity contribution in [2.45, 2.75) is 30.1 Å². The summed E-state index contributed by atoms with van der Waals surface area (Å²) in [6.07, 6.45) is -4.27. The highest BCUT2D eigenvalue weighted by Crippen LogP contribution is 2.28. The molecule has 1 aliphatic heterocycles. The lowest BCUT2D eigenvalue weighted by atomic mass is 9.89. The number of Topliss-reactive ketones (excluding diaryl/α,β-unsaturated/α-hetero) is 1. The molecule has 8 heteroatoms. The molecule has 94 valence electrons. The van der Waals surface area contributed by atoms with Crippen LogP contribution in [-0.4, -0.2) is 68.3 Å². The maximum absolute atomic E-state index is 11.4. The van der Waals surface area contributed by atoms with Gasteiger partial charge in [-0.05, 0) is 0 Å². The van der Waals surface area contributed by atoms with E-state index in [0.29, 0.717) is 0 Å². The summed E-state index contributed by atoms with van der Waals surface area (Å²) in [5, 5.41) is 37.5. The average molecular weight is 300 g/mol. The van der Waals surface area contributed by atoms with Gasteiger partial charge in [-0.3, -0.25) is 4.79 Å². The predicted molar refractivity (Wildman–Crippen MR) is 55.7 cm³/mol. The fourth-order valence-electron chi connectivity index (χ4n) is 1.54. The summed E-state index contributed by atoms with van der Waals surface area (Å²) in [6, 6.07) is -1.48. The molecule has 1 rings (SSSR count). The van der Waals surface area contributed by atoms with Crippen molar-refractivity contribution in [2.75, 3.05) is 11.9 Å². The molecule has 0 radical (unpaired) electrons. The molecule has 0 saturated carbocycles. The Morgan fingerprint density at radius 2 is 2.00 bits per heavy atom. The minimum atomic E-state index is -2.41. The van der Waals surface area contributed by atoms with Crippen LogP contribution in [0, 0.1) is 0 Å². The first-order valence-corrected chi connectivity index (χ1v) is 5.72. The number of aliphatic hydroxyl groups excluding tert-OH is 3. The number of rotatable bonds is 3. The fraction of sp³-hybridized carbons (Fsp3) is 0.875. The second kappa shape index (κ2) is 5.05. The largest absolute Gasteiger partial charge is 0.394 e. The lowest BCUT2D eigenvalue weighted by molar-refractivity contribution is -0.296. The predicted octanol–water partition coefficient (Wildman–Crippen LogP) is -2.92. The number of aliphatic hydroxyl groups is 4. The van der Waals surface area contributed by atoms with Gasteiger partial charge in [0.25, 0.3) is 0 Å². The maximum atomic E-state index is 11.4. The Balaban J connectivity index is 2.98. The topological polar surface area (TPSA) is 133 Å². The van der Waals surface area contributed by atoms with Gasteiger partial charge in [-0.25, -0.2) is 0 Å². The molecular weight excluding hydrogens is 286 g/mol. The first-order chi connectivity index (χ1) is 7.38. The van der Waals surface area contributed by atoms with Gasteiger partial charge in [0.2, 0.25) is 11.6 Å². The van der Waals surface area contributed by atoms with Crippen LogP contribution < -0.4 is 5.73 Å². The molecule has 6 N–H and O–H groups in total. The summed E-state index contributed by atoms with van der Waals surface area (Å²) in [5.41, 5.74) is 5.43. The molecular formula is C8H14BrNO6. The fourth-order valence-corrected chi connectivity index (χ4v) is 1.94. The minimum absolute atomic E-state index is 0.224. The van der Waals surface area contributed by atoms with Crippen molar-refractivity contribution < 1.29 is 30.0 Å². The van der Waals surface area contributed by atoms with E-state index in [9.17, 15) is 20.1 Å². The van der Waals surface area contributed by atoms with Crippen LogP contribution in [0.1, 0.15) is 0 Å². The van der Waals surface area contributed by atoms with E-state index < -0.39 is 42.5 Å². The molecule has 0 aromatic heterocycles. The van der Waals surface area contributed by atoms with Crippen LogP contribution >= 0.6 is 15.9 Å². The van der Waals surface area contributed by atoms with Gasteiger partial charge in [-0.2, -0.15) is 0 Å². The molecule has 0 aromatic rings. The van der Waals surface area contributed by atoms with Crippen LogP contribution in [0.25, 0.3) is 0 Å². The van der Waals surface area contributed by atoms with Crippen LogP contribution in [0.3, 0.4) is 0 Å². The molecule has 0 aliphatic carbocycles. The van der Waals surface area contributed by atoms with E-state index in [1.807, 2.05) is 0 Å². The van der Waals surface area contributed by atoms with E-state index in [1.165, 1.54) is 0 Å². The van der Waals surface area contributed by atoms with Gasteiger partial charge < -0.3 is 30.9 Å². The van der Waals surface area contributed by atoms with Gasteiger partial charge in [0.15, 0.2) is 0 Å². The molecule has 0 aromatic carbocycles. The molecule has 0 amide bonds. The molecule has 5 atom stereocenters. The lowest BCUT2D eigenvalue weighted by Gasteiger charge is -2.44. The van der Waals surface area contributed by atoms with Crippen molar-refractivity contribution in [1.82, 2.24) is 0 Å². The Hall–Kier alpha value is -0.0900. The molecule has 16 heavy (non-hydrogen) atoms. The van der Waals surface area contributed by atoms with E-state index in [2.05, 4.69) is 15.9 Å². The van der Waals surface area contributed by atoms with Crippen LogP contribution in [0.15, 0.2) is 0 Å². The number of nitrogens with two attached hydrogens (primary N) is 1. The van der Waals surface area contributed by atoms with Crippen molar-refractivity contribution >= 4 is 21.7 Å². The summed E-state index contributed by atoms with van der Waals surface area (Å²) in [4.78, 5) is 11.4. The van der Waals surface area contributed by atoms with E-state index in [1.54, 1.807) is 0 Å². The summed E-state index contributed by atoms with van der Waals surface area (Å²) in [7, 11) is 0. The number of hydrogen-bond acceptors (Lipinski definition) is 7. The number of halogens is 1. The number of alkyl halides is 1. The molecule has 7 nitrogen and oxygen atoms in total. The number of ketones is 1. The van der Waals surface area contributed by atoms with Crippen molar-refractivity contribution in [3.05, 3.63) is 0 Å². The Morgan fingerprint density at radius 3 is 2.44 bits per heavy atom. The number of carbonyl (C=O) groups is 1. The van der Waals surface area contributed by atoms with Gasteiger partial charge in [0.1, 0.15) is 18.3 Å². The quantitative estimate of drug-likeness (QED) is 0.353. The summed E-state index contributed by atoms with van der Waals surface area (Å²) in [5.74, 6) is -3.19. The van der Waals surface area contributed by atoms with Gasteiger partial charge >= 0.3 is 0 Å². The third kappa shape index (κ3) is 2.14. The average Bonchev–Trinajstić information content (AvgIpc) is 2.30. The van der Waals surface area contributed by atoms with Crippen LogP contribution in [0.5, 0.6) is 0 Å². The highest BCUT2D eigenvalue weighted by atomic mass is 79.9.